The Morgan fingerprint density at radius 3 is 0.926 bits per heavy atom. The summed E-state index contributed by atoms with van der Waals surface area (Å²) < 4.78 is 0. The van der Waals surface area contributed by atoms with Crippen molar-refractivity contribution in [2.24, 2.45) is 0 Å². The first-order valence-corrected chi connectivity index (χ1v) is 18.7. The number of anilines is 6. The van der Waals surface area contributed by atoms with Gasteiger partial charge in [0, 0.05) is 34.1 Å². The van der Waals surface area contributed by atoms with Crippen LogP contribution in [0.5, 0.6) is 0 Å². The molecule has 54 heavy (non-hydrogen) atoms. The van der Waals surface area contributed by atoms with Gasteiger partial charge in [-0.1, -0.05) is 103 Å². The summed E-state index contributed by atoms with van der Waals surface area (Å²) >= 11 is 0. The molecule has 0 heterocycles. The Labute approximate surface area is 322 Å². The molecule has 2 heteroatoms. The van der Waals surface area contributed by atoms with E-state index in [2.05, 4.69) is 233 Å². The highest BCUT2D eigenvalue weighted by Gasteiger charge is 2.15. The average molecular weight is 701 g/mol. The van der Waals surface area contributed by atoms with Gasteiger partial charge in [-0.25, -0.2) is 0 Å². The van der Waals surface area contributed by atoms with Crippen molar-refractivity contribution in [1.82, 2.24) is 0 Å². The highest BCUT2D eigenvalue weighted by Crippen LogP contribution is 2.38. The topological polar surface area (TPSA) is 6.48 Å². The van der Waals surface area contributed by atoms with Crippen LogP contribution < -0.4 is 9.80 Å². The van der Waals surface area contributed by atoms with E-state index in [1.54, 1.807) is 0 Å². The lowest BCUT2D eigenvalue weighted by atomic mass is 10.0. The molecule has 2 nitrogen and oxygen atoms in total. The summed E-state index contributed by atoms with van der Waals surface area (Å²) in [4.78, 5) is 4.69. The standard InChI is InChI=1S/C52H48N2/c1-37-12-7-18-47(30-37)53(48-19-8-13-38(2)31-48)51-28-26-45(41(5)34-51)24-22-43-16-11-17-44(36-43)23-25-46-27-29-52(35-42(46)6)54(49-20-9-14-39(3)32-49)50-21-10-15-40(4)33-50/h7-36H,1-6H3/b24-22+,25-23+. The zero-order valence-electron chi connectivity index (χ0n) is 32.2. The number of hydrogen-bond donors (Lipinski definition) is 0. The molecule has 0 bridgehead atoms. The van der Waals surface area contributed by atoms with Crippen molar-refractivity contribution >= 4 is 58.4 Å². The fourth-order valence-electron chi connectivity index (χ4n) is 7.07. The van der Waals surface area contributed by atoms with Gasteiger partial charge in [-0.05, 0) is 176 Å². The van der Waals surface area contributed by atoms with E-state index >= 15 is 0 Å². The zero-order valence-corrected chi connectivity index (χ0v) is 32.2. The number of aryl methyl sites for hydroxylation is 6. The maximum absolute atomic E-state index is 2.34. The first kappa shape index (κ1) is 36.0. The number of rotatable bonds is 10. The molecule has 0 radical (unpaired) electrons. The van der Waals surface area contributed by atoms with Crippen molar-refractivity contribution in [2.45, 2.75) is 41.5 Å². The minimum Gasteiger partial charge on any atom is -0.310 e. The van der Waals surface area contributed by atoms with Crippen LogP contribution in [-0.4, -0.2) is 0 Å². The lowest BCUT2D eigenvalue weighted by Gasteiger charge is -2.26. The Bertz CT molecular complexity index is 2220. The summed E-state index contributed by atoms with van der Waals surface area (Å²) in [6.45, 7) is 13.0. The predicted molar refractivity (Wildman–Crippen MR) is 235 cm³/mol. The second kappa shape index (κ2) is 16.1. The molecular weight excluding hydrogens is 653 g/mol. The third-order valence-electron chi connectivity index (χ3n) is 9.88. The molecule has 0 aliphatic rings. The Morgan fingerprint density at radius 1 is 0.296 bits per heavy atom. The van der Waals surface area contributed by atoms with Crippen molar-refractivity contribution in [3.05, 3.63) is 213 Å². The summed E-state index contributed by atoms with van der Waals surface area (Å²) in [6, 6.07) is 57.0. The summed E-state index contributed by atoms with van der Waals surface area (Å²) in [5.74, 6) is 0. The van der Waals surface area contributed by atoms with E-state index in [0.717, 1.165) is 34.1 Å². The zero-order chi connectivity index (χ0) is 37.6. The van der Waals surface area contributed by atoms with E-state index in [1.807, 2.05) is 0 Å². The molecule has 0 saturated carbocycles. The minimum absolute atomic E-state index is 1.15. The summed E-state index contributed by atoms with van der Waals surface area (Å²) in [5.41, 5.74) is 19.1. The summed E-state index contributed by atoms with van der Waals surface area (Å²) in [5, 5.41) is 0. The smallest absolute Gasteiger partial charge is 0.0464 e. The molecule has 266 valence electrons. The third-order valence-corrected chi connectivity index (χ3v) is 9.88. The second-order valence-corrected chi connectivity index (χ2v) is 14.4. The molecule has 0 atom stereocenters. The maximum Gasteiger partial charge on any atom is 0.0464 e. The van der Waals surface area contributed by atoms with E-state index in [1.165, 1.54) is 55.6 Å². The van der Waals surface area contributed by atoms with Crippen LogP contribution in [-0.2, 0) is 0 Å². The van der Waals surface area contributed by atoms with Crippen LogP contribution in [0.4, 0.5) is 34.1 Å². The fraction of sp³-hybridized carbons (Fsp3) is 0.115. The lowest BCUT2D eigenvalue weighted by Crippen LogP contribution is -2.10. The number of nitrogens with zero attached hydrogens (tertiary/aromatic N) is 2. The van der Waals surface area contributed by atoms with Crippen molar-refractivity contribution < 1.29 is 0 Å². The van der Waals surface area contributed by atoms with Crippen LogP contribution in [0.25, 0.3) is 24.3 Å². The van der Waals surface area contributed by atoms with Crippen LogP contribution in [0, 0.1) is 41.5 Å². The van der Waals surface area contributed by atoms with Crippen molar-refractivity contribution in [3.8, 4) is 0 Å². The van der Waals surface area contributed by atoms with Gasteiger partial charge in [0.15, 0.2) is 0 Å². The number of hydrogen-bond acceptors (Lipinski definition) is 2. The van der Waals surface area contributed by atoms with Crippen LogP contribution in [0.3, 0.4) is 0 Å². The average Bonchev–Trinajstić information content (AvgIpc) is 3.15. The van der Waals surface area contributed by atoms with Gasteiger partial charge >= 0.3 is 0 Å². The van der Waals surface area contributed by atoms with Gasteiger partial charge < -0.3 is 9.80 Å². The van der Waals surface area contributed by atoms with Gasteiger partial charge in [0.05, 0.1) is 0 Å². The van der Waals surface area contributed by atoms with Gasteiger partial charge in [-0.3, -0.25) is 0 Å². The van der Waals surface area contributed by atoms with E-state index in [9.17, 15) is 0 Å². The fourth-order valence-corrected chi connectivity index (χ4v) is 7.07. The Hall–Kier alpha value is -6.38. The molecule has 0 aliphatic heterocycles. The van der Waals surface area contributed by atoms with Crippen LogP contribution in [0.1, 0.15) is 55.6 Å². The molecule has 7 rings (SSSR count). The van der Waals surface area contributed by atoms with Gasteiger partial charge in [0.2, 0.25) is 0 Å². The molecule has 0 amide bonds. The van der Waals surface area contributed by atoms with Crippen molar-refractivity contribution in [2.75, 3.05) is 9.80 Å². The highest BCUT2D eigenvalue weighted by atomic mass is 15.1. The van der Waals surface area contributed by atoms with E-state index in [4.69, 9.17) is 0 Å². The molecule has 0 N–H and O–H groups in total. The van der Waals surface area contributed by atoms with Crippen molar-refractivity contribution in [3.63, 3.8) is 0 Å². The molecule has 0 unspecified atom stereocenters. The first-order chi connectivity index (χ1) is 26.2. The SMILES string of the molecule is Cc1cccc(N(c2cccc(C)c2)c2ccc(/C=C/c3cccc(/C=C/c4ccc(N(c5cccc(C)c5)c5cccc(C)c5)cc4C)c3)c(C)c2)c1. The second-order valence-electron chi connectivity index (χ2n) is 14.4. The molecule has 0 aromatic heterocycles. The Balaban J connectivity index is 1.10. The largest absolute Gasteiger partial charge is 0.310 e. The first-order valence-electron chi connectivity index (χ1n) is 18.7. The monoisotopic (exact) mass is 700 g/mol. The maximum atomic E-state index is 2.34. The molecule has 0 spiro atoms. The normalized spacial score (nSPS) is 11.4. The predicted octanol–water partition coefficient (Wildman–Crippen LogP) is 14.8. The Kier molecular flexibility index (Phi) is 10.7. The molecule has 7 aromatic carbocycles. The molecular formula is C52H48N2. The summed E-state index contributed by atoms with van der Waals surface area (Å²) in [6.07, 6.45) is 8.87. The molecule has 7 aromatic rings. The van der Waals surface area contributed by atoms with Crippen LogP contribution in [0.15, 0.2) is 158 Å². The van der Waals surface area contributed by atoms with Crippen LogP contribution in [0.2, 0.25) is 0 Å². The van der Waals surface area contributed by atoms with Gasteiger partial charge in [-0.15, -0.1) is 0 Å². The molecule has 0 fully saturated rings. The van der Waals surface area contributed by atoms with Gasteiger partial charge in [0.25, 0.3) is 0 Å². The number of benzene rings is 7. The van der Waals surface area contributed by atoms with Gasteiger partial charge in [-0.2, -0.15) is 0 Å². The van der Waals surface area contributed by atoms with Crippen LogP contribution >= 0.6 is 0 Å². The quantitative estimate of drug-likeness (QED) is 0.131. The lowest BCUT2D eigenvalue weighted by molar-refractivity contribution is 1.25. The molecule has 0 saturated heterocycles. The van der Waals surface area contributed by atoms with E-state index in [-0.39, 0.29) is 0 Å². The Morgan fingerprint density at radius 2 is 0.611 bits per heavy atom. The third kappa shape index (κ3) is 8.46. The minimum atomic E-state index is 1.15. The summed E-state index contributed by atoms with van der Waals surface area (Å²) in [7, 11) is 0. The van der Waals surface area contributed by atoms with E-state index in [0.29, 0.717) is 0 Å². The molecule has 0 aliphatic carbocycles. The van der Waals surface area contributed by atoms with Gasteiger partial charge in [0.1, 0.15) is 0 Å². The highest BCUT2D eigenvalue weighted by molar-refractivity contribution is 5.82. The van der Waals surface area contributed by atoms with E-state index < -0.39 is 0 Å². The van der Waals surface area contributed by atoms with Crippen molar-refractivity contribution in [1.29, 1.82) is 0 Å².